The van der Waals surface area contributed by atoms with Gasteiger partial charge in [0.25, 0.3) is 5.91 Å². The first-order valence-electron chi connectivity index (χ1n) is 19.7. The summed E-state index contributed by atoms with van der Waals surface area (Å²) >= 11 is 1.52. The molecule has 0 spiro atoms. The molecule has 0 radical (unpaired) electrons. The van der Waals surface area contributed by atoms with Crippen molar-refractivity contribution in [2.45, 2.75) is 102 Å². The average molecular weight is 867 g/mol. The number of anilines is 1. The largest absolute Gasteiger partial charge is 0.496 e. The Morgan fingerprint density at radius 3 is 2.32 bits per heavy atom. The predicted molar refractivity (Wildman–Crippen MR) is 226 cm³/mol. The molecule has 3 fully saturated rings. The third kappa shape index (κ3) is 10.00. The molecular weight excluding hydrogens is 813 g/mol. The van der Waals surface area contributed by atoms with Gasteiger partial charge in [0, 0.05) is 55.7 Å². The van der Waals surface area contributed by atoms with Crippen molar-refractivity contribution in [3.05, 3.63) is 48.5 Å². The lowest BCUT2D eigenvalue weighted by Crippen LogP contribution is -2.60. The molecule has 5 atom stereocenters. The first kappa shape index (κ1) is 44.3. The first-order chi connectivity index (χ1) is 28.0. The fourth-order valence-corrected chi connectivity index (χ4v) is 9.03. The lowest BCUT2D eigenvalue weighted by atomic mass is 9.85. The van der Waals surface area contributed by atoms with Crippen LogP contribution in [0.5, 0.6) is 11.6 Å². The van der Waals surface area contributed by atoms with Crippen LogP contribution < -0.4 is 29.7 Å². The van der Waals surface area contributed by atoms with E-state index in [9.17, 15) is 27.6 Å². The zero-order valence-electron chi connectivity index (χ0n) is 35.4. The van der Waals surface area contributed by atoms with Gasteiger partial charge in [-0.2, -0.15) is 0 Å². The number of likely N-dealkylation sites (tertiary alicyclic amines) is 1. The lowest BCUT2D eigenvalue weighted by Gasteiger charge is -2.36. The number of ether oxygens (including phenoxy) is 3. The zero-order valence-corrected chi connectivity index (χ0v) is 37.0. The predicted octanol–water partition coefficient (Wildman–Crippen LogP) is 4.30. The Hall–Kier alpha value is -5.30. The number of methoxy groups -OCH3 is 1. The molecule has 6 rings (SSSR count). The molecule has 2 saturated carbocycles. The Labute approximate surface area is 354 Å². The van der Waals surface area contributed by atoms with Crippen LogP contribution in [0.25, 0.3) is 22.6 Å². The van der Waals surface area contributed by atoms with E-state index < -0.39 is 79.7 Å². The Morgan fingerprint density at radius 2 is 1.77 bits per heavy atom. The van der Waals surface area contributed by atoms with E-state index in [4.69, 9.17) is 19.2 Å². The lowest BCUT2D eigenvalue weighted by molar-refractivity contribution is -0.143. The Balaban J connectivity index is 1.28. The highest BCUT2D eigenvalue weighted by atomic mass is 32.2. The molecule has 3 aromatic rings. The van der Waals surface area contributed by atoms with E-state index in [1.165, 1.54) is 29.4 Å². The normalized spacial score (nSPS) is 21.9. The summed E-state index contributed by atoms with van der Waals surface area (Å²) in [6, 6.07) is 4.63. The highest BCUT2D eigenvalue weighted by molar-refractivity contribution is 7.91. The Bertz CT molecular complexity index is 2250. The molecule has 3 aromatic heterocycles. The second-order valence-corrected chi connectivity index (χ2v) is 20.5. The average Bonchev–Trinajstić information content (AvgIpc) is 4.05. The van der Waals surface area contributed by atoms with Crippen LogP contribution in [-0.4, -0.2) is 114 Å². The van der Waals surface area contributed by atoms with E-state index in [1.807, 2.05) is 36.5 Å². The van der Waals surface area contributed by atoms with Crippen molar-refractivity contribution in [1.29, 1.82) is 0 Å². The maximum atomic E-state index is 14.6. The summed E-state index contributed by atoms with van der Waals surface area (Å²) in [6.45, 7) is 14.1. The quantitative estimate of drug-likeness (QED) is 0.193. The number of carbonyl (C=O) groups excluding carboxylic acids is 4. The number of hydrogen-bond acceptors (Lipinski definition) is 14. The van der Waals surface area contributed by atoms with E-state index >= 15 is 0 Å². The monoisotopic (exact) mass is 866 g/mol. The van der Waals surface area contributed by atoms with Gasteiger partial charge in [-0.3, -0.25) is 24.1 Å². The molecule has 17 nitrogen and oxygen atoms in total. The maximum Gasteiger partial charge on any atom is 0.408 e. The zero-order chi connectivity index (χ0) is 43.9. The number of hydrogen-bond donors (Lipinski definition) is 3. The van der Waals surface area contributed by atoms with E-state index in [-0.39, 0.29) is 25.3 Å². The highest BCUT2D eigenvalue weighted by Crippen LogP contribution is 2.45. The van der Waals surface area contributed by atoms with Gasteiger partial charge in [-0.1, -0.05) is 26.8 Å². The van der Waals surface area contributed by atoms with Gasteiger partial charge in [0.05, 0.1) is 36.0 Å². The van der Waals surface area contributed by atoms with E-state index in [0.717, 1.165) is 16.4 Å². The summed E-state index contributed by atoms with van der Waals surface area (Å²) in [5.74, 6) is -2.16. The van der Waals surface area contributed by atoms with E-state index in [1.54, 1.807) is 59.9 Å². The van der Waals surface area contributed by atoms with Crippen molar-refractivity contribution in [1.82, 2.24) is 35.2 Å². The Morgan fingerprint density at radius 1 is 1.05 bits per heavy atom. The molecule has 1 aliphatic heterocycles. The molecule has 60 heavy (non-hydrogen) atoms. The molecule has 2 unspecified atom stereocenters. The third-order valence-electron chi connectivity index (χ3n) is 10.4. The van der Waals surface area contributed by atoms with Crippen LogP contribution >= 0.6 is 11.3 Å². The molecule has 1 saturated heterocycles. The number of alkyl carbamates (subject to hydrolysis) is 1. The minimum atomic E-state index is -3.93. The van der Waals surface area contributed by atoms with E-state index in [0.29, 0.717) is 30.0 Å². The SMILES string of the molecule is C=CC1C[C@]1(NC(=O)C1C[C@@H](Oc2cc(OC)cc(-c3ccc(-c4csc(N(C)C)n4)cn3)n2)CN1C(=O)[C@@H](NC(=O)OC(C)(C)C)C(C)(C)C)C(=O)NS(=O)(=O)C1CC1. The third-order valence-corrected chi connectivity index (χ3v) is 13.2. The topological polar surface area (TPSA) is 211 Å². The van der Waals surface area contributed by atoms with Crippen LogP contribution in [-0.2, 0) is 29.1 Å². The Kier molecular flexibility index (Phi) is 12.3. The molecule has 4 amide bonds. The first-order valence-corrected chi connectivity index (χ1v) is 22.1. The van der Waals surface area contributed by atoms with Crippen molar-refractivity contribution in [3.63, 3.8) is 0 Å². The smallest absolute Gasteiger partial charge is 0.408 e. The molecule has 3 aliphatic rings. The molecular formula is C41H54N8O9S2. The van der Waals surface area contributed by atoms with Crippen LogP contribution in [0.2, 0.25) is 0 Å². The molecule has 0 aromatic carbocycles. The molecule has 0 bridgehead atoms. The number of rotatable bonds is 14. The fraction of sp³-hybridized carbons (Fsp3) is 0.537. The van der Waals surface area contributed by atoms with Crippen LogP contribution in [0.15, 0.2) is 48.5 Å². The molecule has 19 heteroatoms. The van der Waals surface area contributed by atoms with Crippen LogP contribution in [0, 0.1) is 11.3 Å². The second kappa shape index (κ2) is 16.6. The van der Waals surface area contributed by atoms with Crippen LogP contribution in [0.1, 0.15) is 67.2 Å². The molecule has 4 heterocycles. The minimum absolute atomic E-state index is 0.0402. The van der Waals surface area contributed by atoms with Crippen molar-refractivity contribution >= 4 is 50.3 Å². The van der Waals surface area contributed by atoms with Crippen molar-refractivity contribution in [3.8, 4) is 34.3 Å². The van der Waals surface area contributed by atoms with Gasteiger partial charge in [0.1, 0.15) is 35.1 Å². The number of carbonyl (C=O) groups is 4. The van der Waals surface area contributed by atoms with Gasteiger partial charge in [-0.25, -0.2) is 23.2 Å². The number of pyridine rings is 2. The van der Waals surface area contributed by atoms with Gasteiger partial charge >= 0.3 is 6.09 Å². The summed E-state index contributed by atoms with van der Waals surface area (Å²) in [4.78, 5) is 72.9. The summed E-state index contributed by atoms with van der Waals surface area (Å²) in [5.41, 5.74) is -0.710. The van der Waals surface area contributed by atoms with Gasteiger partial charge in [0.2, 0.25) is 27.7 Å². The number of nitrogens with one attached hydrogen (secondary N) is 3. The van der Waals surface area contributed by atoms with Gasteiger partial charge in [-0.15, -0.1) is 17.9 Å². The second-order valence-electron chi connectivity index (χ2n) is 17.7. The molecule has 324 valence electrons. The number of nitrogens with zero attached hydrogens (tertiary/aromatic N) is 5. The van der Waals surface area contributed by atoms with E-state index in [2.05, 4.69) is 31.9 Å². The number of amides is 4. The standard InChI is InChI=1S/C41H54N8O9S2/c1-11-24-19-41(24,36(52)47-60(54,55)27-13-14-27)46-34(50)31-17-26(21-49(31)35(51)33(39(2,3)4)45-38(53)58-40(5,6)7)57-32-18-25(56-10)16-29(43-32)28-15-12-23(20-42-28)30-22-59-37(44-30)48(8)9/h11-12,15-16,18,20,22,24,26-27,31,33H,1,13-14,17,19,21H2,2-10H3,(H,45,53)(H,46,50)(H,47,52)/t24?,26-,31?,33-,41-/m1/s1. The molecule has 3 N–H and O–H groups in total. The summed E-state index contributed by atoms with van der Waals surface area (Å²) in [7, 11) is 1.42. The van der Waals surface area contributed by atoms with Crippen molar-refractivity contribution < 1.29 is 41.8 Å². The van der Waals surface area contributed by atoms with Gasteiger partial charge in [0.15, 0.2) is 5.13 Å². The van der Waals surface area contributed by atoms with Crippen molar-refractivity contribution in [2.24, 2.45) is 11.3 Å². The summed E-state index contributed by atoms with van der Waals surface area (Å²) < 4.78 is 45.2. The van der Waals surface area contributed by atoms with Gasteiger partial charge in [-0.05, 0) is 57.6 Å². The van der Waals surface area contributed by atoms with Crippen molar-refractivity contribution in [2.75, 3.05) is 32.6 Å². The number of aromatic nitrogens is 3. The fourth-order valence-electron chi connectivity index (χ4n) is 6.89. The van der Waals surface area contributed by atoms with Gasteiger partial charge < -0.3 is 34.6 Å². The minimum Gasteiger partial charge on any atom is -0.496 e. The molecule has 2 aliphatic carbocycles. The summed E-state index contributed by atoms with van der Waals surface area (Å²) in [6.07, 6.45) is 2.53. The van der Waals surface area contributed by atoms with Crippen LogP contribution in [0.4, 0.5) is 9.93 Å². The van der Waals surface area contributed by atoms with Crippen LogP contribution in [0.3, 0.4) is 0 Å². The maximum absolute atomic E-state index is 14.6. The highest BCUT2D eigenvalue weighted by Gasteiger charge is 2.62. The summed E-state index contributed by atoms with van der Waals surface area (Å²) in [5, 5.41) is 7.64. The number of sulfonamides is 1. The number of thiazole rings is 1.